The molecule has 1 saturated carbocycles. The van der Waals surface area contributed by atoms with Crippen molar-refractivity contribution in [2.24, 2.45) is 0 Å². The van der Waals surface area contributed by atoms with E-state index >= 15 is 0 Å². The number of aryl methyl sites for hydroxylation is 1. The van der Waals surface area contributed by atoms with Gasteiger partial charge in [0.15, 0.2) is 11.5 Å². The van der Waals surface area contributed by atoms with Crippen molar-refractivity contribution in [2.75, 3.05) is 17.1 Å². The molecule has 1 amide bonds. The van der Waals surface area contributed by atoms with Gasteiger partial charge in [0.25, 0.3) is 0 Å². The van der Waals surface area contributed by atoms with Crippen molar-refractivity contribution in [2.45, 2.75) is 63.3 Å². The lowest BCUT2D eigenvalue weighted by Gasteiger charge is -2.22. The summed E-state index contributed by atoms with van der Waals surface area (Å²) in [4.78, 5) is 24.3. The minimum atomic E-state index is -3.38. The largest absolute Gasteiger partial charge is 0.450 e. The van der Waals surface area contributed by atoms with E-state index in [1.54, 1.807) is 30.6 Å². The number of sulfonamides is 1. The number of carbonyl (C=O) groups is 1. The zero-order valence-corrected chi connectivity index (χ0v) is 21.4. The van der Waals surface area contributed by atoms with Crippen molar-refractivity contribution in [3.63, 3.8) is 0 Å². The number of nitrogens with zero attached hydrogens (tertiary/aromatic N) is 4. The summed E-state index contributed by atoms with van der Waals surface area (Å²) in [7, 11) is -3.38. The first-order chi connectivity index (χ1) is 17.3. The Morgan fingerprint density at radius 1 is 1.14 bits per heavy atom. The van der Waals surface area contributed by atoms with E-state index in [-0.39, 0.29) is 29.5 Å². The molecule has 2 aromatic heterocycles. The van der Waals surface area contributed by atoms with Gasteiger partial charge in [-0.05, 0) is 55.0 Å². The Balaban J connectivity index is 1.15. The standard InChI is InChI=1S/C23H30ClN7O4S/c24-22-28-20(25)19-21(29-22)31(15-27-19)12-4-5-13-35-23(32)26-14-16-8-10-17(11-9-16)30-36(33,34)18-6-2-1-3-7-18/h8-11,15,18,30H,1-7,12-14H2,(H,26,32)(H2,25,28,29). The molecule has 36 heavy (non-hydrogen) atoms. The second-order valence-electron chi connectivity index (χ2n) is 8.79. The molecule has 0 radical (unpaired) electrons. The Bertz CT molecular complexity index is 1290. The van der Waals surface area contributed by atoms with Crippen LogP contribution >= 0.6 is 11.6 Å². The lowest BCUT2D eigenvalue weighted by Crippen LogP contribution is -2.29. The molecule has 2 heterocycles. The molecule has 0 unspecified atom stereocenters. The minimum Gasteiger partial charge on any atom is -0.450 e. The summed E-state index contributed by atoms with van der Waals surface area (Å²) in [5, 5.41) is 2.44. The van der Waals surface area contributed by atoms with Gasteiger partial charge in [0.1, 0.15) is 5.52 Å². The summed E-state index contributed by atoms with van der Waals surface area (Å²) in [6.07, 6.45) is 6.92. The van der Waals surface area contributed by atoms with E-state index < -0.39 is 16.1 Å². The highest BCUT2D eigenvalue weighted by Gasteiger charge is 2.27. The predicted octanol–water partition coefficient (Wildman–Crippen LogP) is 3.84. The number of alkyl carbamates (subject to hydrolysis) is 1. The maximum absolute atomic E-state index is 12.5. The number of nitrogens with one attached hydrogen (secondary N) is 2. The van der Waals surface area contributed by atoms with Crippen LogP contribution in [0.25, 0.3) is 11.2 Å². The van der Waals surface area contributed by atoms with E-state index in [9.17, 15) is 13.2 Å². The van der Waals surface area contributed by atoms with Gasteiger partial charge in [-0.15, -0.1) is 0 Å². The van der Waals surface area contributed by atoms with Crippen LogP contribution < -0.4 is 15.8 Å². The van der Waals surface area contributed by atoms with Crippen LogP contribution in [0.1, 0.15) is 50.5 Å². The van der Waals surface area contributed by atoms with E-state index in [2.05, 4.69) is 25.0 Å². The number of carbonyl (C=O) groups excluding carboxylic acids is 1. The van der Waals surface area contributed by atoms with E-state index in [1.165, 1.54) is 0 Å². The number of ether oxygens (including phenoxy) is 1. The van der Waals surface area contributed by atoms with E-state index in [4.69, 9.17) is 22.1 Å². The summed E-state index contributed by atoms with van der Waals surface area (Å²) in [5.74, 6) is 0.235. The van der Waals surface area contributed by atoms with Crippen LogP contribution in [0, 0.1) is 0 Å². The number of nitrogens with two attached hydrogens (primary N) is 1. The molecule has 0 spiro atoms. The van der Waals surface area contributed by atoms with Crippen molar-refractivity contribution in [3.8, 4) is 0 Å². The number of hydrogen-bond donors (Lipinski definition) is 3. The molecule has 4 N–H and O–H groups in total. The molecule has 0 atom stereocenters. The van der Waals surface area contributed by atoms with Crippen molar-refractivity contribution < 1.29 is 17.9 Å². The van der Waals surface area contributed by atoms with Crippen LogP contribution in [0.15, 0.2) is 30.6 Å². The third-order valence-electron chi connectivity index (χ3n) is 6.13. The SMILES string of the molecule is Nc1nc(Cl)nc2c1ncn2CCCCOC(=O)NCc1ccc(NS(=O)(=O)C2CCCCC2)cc1. The molecular formula is C23H30ClN7O4S. The van der Waals surface area contributed by atoms with Gasteiger partial charge >= 0.3 is 6.09 Å². The quantitative estimate of drug-likeness (QED) is 0.261. The molecule has 1 aliphatic rings. The molecule has 1 aromatic carbocycles. The van der Waals surface area contributed by atoms with E-state index in [1.807, 2.05) is 4.57 Å². The number of anilines is 2. The van der Waals surface area contributed by atoms with Crippen molar-refractivity contribution >= 4 is 50.4 Å². The molecule has 11 nitrogen and oxygen atoms in total. The first kappa shape index (κ1) is 26.0. The first-order valence-electron chi connectivity index (χ1n) is 12.0. The molecular weight excluding hydrogens is 506 g/mol. The van der Waals surface area contributed by atoms with Crippen LogP contribution in [-0.2, 0) is 27.8 Å². The van der Waals surface area contributed by atoms with Crippen LogP contribution in [0.3, 0.4) is 0 Å². The number of nitrogen functional groups attached to an aromatic ring is 1. The maximum Gasteiger partial charge on any atom is 0.407 e. The van der Waals surface area contributed by atoms with Gasteiger partial charge in [-0.25, -0.2) is 18.2 Å². The molecule has 4 rings (SSSR count). The highest BCUT2D eigenvalue weighted by Crippen LogP contribution is 2.25. The van der Waals surface area contributed by atoms with E-state index in [0.29, 0.717) is 42.7 Å². The van der Waals surface area contributed by atoms with Crippen molar-refractivity contribution in [1.29, 1.82) is 0 Å². The summed E-state index contributed by atoms with van der Waals surface area (Å²) in [6, 6.07) is 6.95. The summed E-state index contributed by atoms with van der Waals surface area (Å²) in [6.45, 7) is 1.15. The third kappa shape index (κ3) is 6.76. The maximum atomic E-state index is 12.5. The number of aromatic nitrogens is 4. The Labute approximate surface area is 214 Å². The van der Waals surface area contributed by atoms with Crippen LogP contribution in [0.2, 0.25) is 5.28 Å². The third-order valence-corrected chi connectivity index (χ3v) is 8.17. The number of rotatable bonds is 10. The molecule has 13 heteroatoms. The fraction of sp³-hybridized carbons (Fsp3) is 0.478. The Hall–Kier alpha value is -3.12. The van der Waals surface area contributed by atoms with Gasteiger partial charge in [0, 0.05) is 18.8 Å². The predicted molar refractivity (Wildman–Crippen MR) is 138 cm³/mol. The zero-order chi connectivity index (χ0) is 25.5. The number of fused-ring (bicyclic) bond motifs is 1. The van der Waals surface area contributed by atoms with Gasteiger partial charge in [-0.1, -0.05) is 31.4 Å². The topological polar surface area (TPSA) is 154 Å². The Morgan fingerprint density at radius 2 is 1.89 bits per heavy atom. The second kappa shape index (κ2) is 11.7. The fourth-order valence-electron chi connectivity index (χ4n) is 4.19. The van der Waals surface area contributed by atoms with Crippen molar-refractivity contribution in [1.82, 2.24) is 24.8 Å². The lowest BCUT2D eigenvalue weighted by atomic mass is 10.0. The lowest BCUT2D eigenvalue weighted by molar-refractivity contribution is 0.143. The number of amides is 1. The molecule has 194 valence electrons. The number of imidazole rings is 1. The Kier molecular flexibility index (Phi) is 8.47. The zero-order valence-electron chi connectivity index (χ0n) is 19.8. The normalized spacial score (nSPS) is 14.6. The second-order valence-corrected chi connectivity index (χ2v) is 11.1. The van der Waals surface area contributed by atoms with Gasteiger partial charge < -0.3 is 20.4 Å². The minimum absolute atomic E-state index is 0.0668. The number of benzene rings is 1. The van der Waals surface area contributed by atoms with E-state index in [0.717, 1.165) is 31.2 Å². The monoisotopic (exact) mass is 535 g/mol. The Morgan fingerprint density at radius 3 is 2.64 bits per heavy atom. The fourth-order valence-corrected chi connectivity index (χ4v) is 5.95. The van der Waals surface area contributed by atoms with Gasteiger partial charge in [-0.2, -0.15) is 9.97 Å². The molecule has 0 aliphatic heterocycles. The average Bonchev–Trinajstić information content (AvgIpc) is 3.27. The highest BCUT2D eigenvalue weighted by atomic mass is 35.5. The average molecular weight is 536 g/mol. The highest BCUT2D eigenvalue weighted by molar-refractivity contribution is 7.93. The van der Waals surface area contributed by atoms with Crippen LogP contribution in [0.5, 0.6) is 0 Å². The van der Waals surface area contributed by atoms with Crippen LogP contribution in [-0.4, -0.2) is 45.9 Å². The summed E-state index contributed by atoms with van der Waals surface area (Å²) in [5.41, 5.74) is 8.23. The number of unbranched alkanes of at least 4 members (excludes halogenated alkanes) is 1. The van der Waals surface area contributed by atoms with Gasteiger partial charge in [-0.3, -0.25) is 4.72 Å². The number of hydrogen-bond acceptors (Lipinski definition) is 8. The summed E-state index contributed by atoms with van der Waals surface area (Å²) >= 11 is 5.87. The van der Waals surface area contributed by atoms with Gasteiger partial charge in [0.05, 0.1) is 18.2 Å². The molecule has 3 aromatic rings. The molecule has 0 saturated heterocycles. The smallest absolute Gasteiger partial charge is 0.407 e. The van der Waals surface area contributed by atoms with Crippen molar-refractivity contribution in [3.05, 3.63) is 41.4 Å². The van der Waals surface area contributed by atoms with Crippen LogP contribution in [0.4, 0.5) is 16.3 Å². The van der Waals surface area contributed by atoms with Gasteiger partial charge in [0.2, 0.25) is 15.3 Å². The molecule has 1 fully saturated rings. The first-order valence-corrected chi connectivity index (χ1v) is 13.9. The molecule has 1 aliphatic carbocycles. The summed E-state index contributed by atoms with van der Waals surface area (Å²) < 4.78 is 34.8. The number of halogens is 1. The molecule has 0 bridgehead atoms.